The number of hydrogen-bond acceptors (Lipinski definition) is 3. The first kappa shape index (κ1) is 20.4. The van der Waals surface area contributed by atoms with Crippen molar-refractivity contribution in [3.05, 3.63) is 65.7 Å². The summed E-state index contributed by atoms with van der Waals surface area (Å²) in [7, 11) is 0. The largest absolute Gasteiger partial charge is 0.491 e. The molecule has 1 fully saturated rings. The highest BCUT2D eigenvalue weighted by Crippen LogP contribution is 2.26. The zero-order chi connectivity index (χ0) is 20.1. The molecule has 0 N–H and O–H groups in total. The molecule has 0 radical (unpaired) electrons. The average Bonchev–Trinajstić information content (AvgIpc) is 2.68. The van der Waals surface area contributed by atoms with Crippen LogP contribution in [-0.2, 0) is 16.8 Å². The lowest BCUT2D eigenvalue weighted by atomic mass is 9.83. The Kier molecular flexibility index (Phi) is 6.40. The molecule has 3 rings (SSSR count). The zero-order valence-electron chi connectivity index (χ0n) is 17.5. The third kappa shape index (κ3) is 4.93. The molecule has 0 bridgehead atoms. The minimum Gasteiger partial charge on any atom is -0.491 e. The van der Waals surface area contributed by atoms with Crippen molar-refractivity contribution in [2.45, 2.75) is 45.8 Å². The van der Waals surface area contributed by atoms with E-state index >= 15 is 0 Å². The standard InChI is InChI=1S/C24H32N2O2/c1-19(2)28-22-12-8-9-20(17-22)18-25-13-15-26(16-14-25)23(27)24(3,4)21-10-6-5-7-11-21/h5-12,17,19H,13-16,18H2,1-4H3. The lowest BCUT2D eigenvalue weighted by molar-refractivity contribution is -0.138. The molecule has 0 aromatic heterocycles. The van der Waals surface area contributed by atoms with Crippen molar-refractivity contribution in [3.8, 4) is 5.75 Å². The lowest BCUT2D eigenvalue weighted by Gasteiger charge is -2.38. The van der Waals surface area contributed by atoms with Crippen LogP contribution in [0.2, 0.25) is 0 Å². The number of rotatable bonds is 6. The number of piperazine rings is 1. The highest BCUT2D eigenvalue weighted by Gasteiger charge is 2.34. The zero-order valence-corrected chi connectivity index (χ0v) is 17.5. The first-order chi connectivity index (χ1) is 13.4. The van der Waals surface area contributed by atoms with Gasteiger partial charge in [-0.15, -0.1) is 0 Å². The Morgan fingerprint density at radius 1 is 1.00 bits per heavy atom. The van der Waals surface area contributed by atoms with E-state index in [0.29, 0.717) is 0 Å². The number of ether oxygens (including phenoxy) is 1. The third-order valence-electron chi connectivity index (χ3n) is 5.37. The van der Waals surface area contributed by atoms with Crippen LogP contribution in [0.3, 0.4) is 0 Å². The molecule has 0 unspecified atom stereocenters. The summed E-state index contributed by atoms with van der Waals surface area (Å²) in [6.45, 7) is 12.4. The van der Waals surface area contributed by atoms with E-state index in [1.54, 1.807) is 0 Å². The predicted octanol–water partition coefficient (Wildman–Crippen LogP) is 4.10. The Balaban J connectivity index is 1.57. The van der Waals surface area contributed by atoms with E-state index in [9.17, 15) is 4.79 Å². The van der Waals surface area contributed by atoms with Crippen LogP contribution in [0.25, 0.3) is 0 Å². The number of hydrogen-bond donors (Lipinski definition) is 0. The van der Waals surface area contributed by atoms with Crippen LogP contribution < -0.4 is 4.74 Å². The monoisotopic (exact) mass is 380 g/mol. The fraction of sp³-hybridized carbons (Fsp3) is 0.458. The molecule has 2 aromatic carbocycles. The van der Waals surface area contributed by atoms with Gasteiger partial charge >= 0.3 is 0 Å². The molecule has 1 aliphatic rings. The van der Waals surface area contributed by atoms with Gasteiger partial charge < -0.3 is 9.64 Å². The van der Waals surface area contributed by atoms with Gasteiger partial charge in [-0.25, -0.2) is 0 Å². The number of nitrogens with zero attached hydrogens (tertiary/aromatic N) is 2. The molecule has 0 spiro atoms. The fourth-order valence-corrected chi connectivity index (χ4v) is 3.73. The minimum absolute atomic E-state index is 0.178. The molecule has 4 nitrogen and oxygen atoms in total. The number of carbonyl (C=O) groups is 1. The summed E-state index contributed by atoms with van der Waals surface area (Å²) in [6, 6.07) is 18.4. The van der Waals surface area contributed by atoms with Crippen LogP contribution in [-0.4, -0.2) is 48.0 Å². The van der Waals surface area contributed by atoms with Gasteiger partial charge in [0.25, 0.3) is 0 Å². The highest BCUT2D eigenvalue weighted by atomic mass is 16.5. The summed E-state index contributed by atoms with van der Waals surface area (Å²) in [6.07, 6.45) is 0.178. The minimum atomic E-state index is -0.494. The van der Waals surface area contributed by atoms with Gasteiger partial charge in [-0.2, -0.15) is 0 Å². The van der Waals surface area contributed by atoms with Crippen molar-refractivity contribution in [1.29, 1.82) is 0 Å². The molecular formula is C24H32N2O2. The molecule has 150 valence electrons. The van der Waals surface area contributed by atoms with Gasteiger partial charge in [0.1, 0.15) is 5.75 Å². The molecule has 1 saturated heterocycles. The van der Waals surface area contributed by atoms with Crippen molar-refractivity contribution < 1.29 is 9.53 Å². The second-order valence-corrected chi connectivity index (χ2v) is 8.37. The van der Waals surface area contributed by atoms with Crippen molar-refractivity contribution in [2.24, 2.45) is 0 Å². The van der Waals surface area contributed by atoms with E-state index in [1.807, 2.05) is 69.0 Å². The molecule has 28 heavy (non-hydrogen) atoms. The molecule has 0 atom stereocenters. The van der Waals surface area contributed by atoms with E-state index in [4.69, 9.17) is 4.74 Å². The Labute approximate surface area is 169 Å². The van der Waals surface area contributed by atoms with E-state index in [1.165, 1.54) is 5.56 Å². The van der Waals surface area contributed by atoms with Crippen LogP contribution in [0.1, 0.15) is 38.8 Å². The van der Waals surface area contributed by atoms with Crippen LogP contribution >= 0.6 is 0 Å². The van der Waals surface area contributed by atoms with Crippen LogP contribution in [0.4, 0.5) is 0 Å². The summed E-state index contributed by atoms with van der Waals surface area (Å²) in [5, 5.41) is 0. The van der Waals surface area contributed by atoms with Gasteiger partial charge in [-0.05, 0) is 51.0 Å². The maximum atomic E-state index is 13.1. The van der Waals surface area contributed by atoms with E-state index in [2.05, 4.69) is 23.1 Å². The van der Waals surface area contributed by atoms with E-state index in [-0.39, 0.29) is 12.0 Å². The Morgan fingerprint density at radius 3 is 2.32 bits per heavy atom. The molecule has 4 heteroatoms. The van der Waals surface area contributed by atoms with Crippen molar-refractivity contribution in [2.75, 3.05) is 26.2 Å². The number of carbonyl (C=O) groups excluding carboxylic acids is 1. The molecular weight excluding hydrogens is 348 g/mol. The van der Waals surface area contributed by atoms with Crippen LogP contribution in [0.5, 0.6) is 5.75 Å². The Morgan fingerprint density at radius 2 is 1.68 bits per heavy atom. The SMILES string of the molecule is CC(C)Oc1cccc(CN2CCN(C(=O)C(C)(C)c3ccccc3)CC2)c1. The maximum absolute atomic E-state index is 13.1. The van der Waals surface area contributed by atoms with Crippen LogP contribution in [0, 0.1) is 0 Å². The molecule has 2 aromatic rings. The summed E-state index contributed by atoms with van der Waals surface area (Å²) < 4.78 is 5.80. The van der Waals surface area contributed by atoms with Gasteiger partial charge in [0.15, 0.2) is 0 Å². The number of benzene rings is 2. The van der Waals surface area contributed by atoms with Crippen molar-refractivity contribution in [3.63, 3.8) is 0 Å². The van der Waals surface area contributed by atoms with E-state index in [0.717, 1.165) is 44.0 Å². The summed E-state index contributed by atoms with van der Waals surface area (Å²) in [5.41, 5.74) is 1.83. The first-order valence-corrected chi connectivity index (χ1v) is 10.2. The summed E-state index contributed by atoms with van der Waals surface area (Å²) in [4.78, 5) is 17.5. The van der Waals surface area contributed by atoms with Gasteiger partial charge in [0.2, 0.25) is 5.91 Å². The lowest BCUT2D eigenvalue weighted by Crippen LogP contribution is -2.52. The molecule has 1 aliphatic heterocycles. The van der Waals surface area contributed by atoms with E-state index < -0.39 is 5.41 Å². The summed E-state index contributed by atoms with van der Waals surface area (Å²) >= 11 is 0. The van der Waals surface area contributed by atoms with Crippen LogP contribution in [0.15, 0.2) is 54.6 Å². The molecule has 1 heterocycles. The highest BCUT2D eigenvalue weighted by molar-refractivity contribution is 5.87. The smallest absolute Gasteiger partial charge is 0.232 e. The first-order valence-electron chi connectivity index (χ1n) is 10.2. The average molecular weight is 381 g/mol. The van der Waals surface area contributed by atoms with Gasteiger partial charge in [-0.1, -0.05) is 42.5 Å². The topological polar surface area (TPSA) is 32.8 Å². The molecule has 0 aliphatic carbocycles. The number of amides is 1. The second kappa shape index (κ2) is 8.78. The molecule has 0 saturated carbocycles. The second-order valence-electron chi connectivity index (χ2n) is 8.37. The molecule has 1 amide bonds. The predicted molar refractivity (Wildman–Crippen MR) is 114 cm³/mol. The van der Waals surface area contributed by atoms with Gasteiger partial charge in [0, 0.05) is 32.7 Å². The van der Waals surface area contributed by atoms with Gasteiger partial charge in [0.05, 0.1) is 11.5 Å². The fourth-order valence-electron chi connectivity index (χ4n) is 3.73. The summed E-state index contributed by atoms with van der Waals surface area (Å²) in [5.74, 6) is 1.14. The normalized spacial score (nSPS) is 15.7. The Bertz CT molecular complexity index is 778. The Hall–Kier alpha value is -2.33. The third-order valence-corrected chi connectivity index (χ3v) is 5.37. The van der Waals surface area contributed by atoms with Crippen molar-refractivity contribution >= 4 is 5.91 Å². The van der Waals surface area contributed by atoms with Crippen molar-refractivity contribution in [1.82, 2.24) is 9.80 Å². The quantitative estimate of drug-likeness (QED) is 0.756. The van der Waals surface area contributed by atoms with Gasteiger partial charge in [-0.3, -0.25) is 9.69 Å². The maximum Gasteiger partial charge on any atom is 0.232 e.